The van der Waals surface area contributed by atoms with E-state index < -0.39 is 12.1 Å². The van der Waals surface area contributed by atoms with E-state index in [1.165, 1.54) is 6.26 Å². The average molecular weight is 320 g/mol. The lowest BCUT2D eigenvalue weighted by Crippen LogP contribution is -2.32. The molecule has 3 N–H and O–H groups in total. The van der Waals surface area contributed by atoms with E-state index in [1.54, 1.807) is 37.4 Å². The number of amides is 2. The van der Waals surface area contributed by atoms with Gasteiger partial charge in [0.05, 0.1) is 25.1 Å². The minimum atomic E-state index is -0.899. The van der Waals surface area contributed by atoms with Crippen LogP contribution in [0.2, 0.25) is 0 Å². The standard InChI is InChI=1S/C16H20N2O5/c1-21-9-10-23-14-6-3-2-5-12(14)18-16(20)17-11-13(19)15-7-4-8-22-15/h2-8,13,19H,9-11H2,1H3,(H2,17,18,20). The van der Waals surface area contributed by atoms with E-state index in [1.807, 2.05) is 6.07 Å². The molecule has 0 saturated carbocycles. The number of aliphatic hydroxyl groups excluding tert-OH is 1. The Morgan fingerprint density at radius 3 is 2.83 bits per heavy atom. The molecule has 7 heteroatoms. The largest absolute Gasteiger partial charge is 0.489 e. The van der Waals surface area contributed by atoms with Crippen LogP contribution in [0.4, 0.5) is 10.5 Å². The monoisotopic (exact) mass is 320 g/mol. The van der Waals surface area contributed by atoms with Gasteiger partial charge in [0.1, 0.15) is 24.2 Å². The number of carbonyl (C=O) groups excluding carboxylic acids is 1. The predicted octanol–water partition coefficient (Wildman–Crippen LogP) is 2.16. The number of furan rings is 1. The lowest BCUT2D eigenvalue weighted by Gasteiger charge is -2.14. The summed E-state index contributed by atoms with van der Waals surface area (Å²) in [7, 11) is 1.59. The number of anilines is 1. The normalized spacial score (nSPS) is 11.7. The van der Waals surface area contributed by atoms with E-state index in [4.69, 9.17) is 13.9 Å². The summed E-state index contributed by atoms with van der Waals surface area (Å²) in [6.07, 6.45) is 0.565. The van der Waals surface area contributed by atoms with Crippen LogP contribution in [0.5, 0.6) is 5.75 Å². The van der Waals surface area contributed by atoms with Gasteiger partial charge in [0.25, 0.3) is 0 Å². The van der Waals surface area contributed by atoms with Crippen molar-refractivity contribution in [1.29, 1.82) is 0 Å². The summed E-state index contributed by atoms with van der Waals surface area (Å²) in [6.45, 7) is 0.871. The minimum Gasteiger partial charge on any atom is -0.489 e. The quantitative estimate of drug-likeness (QED) is 0.648. The molecule has 2 rings (SSSR count). The van der Waals surface area contributed by atoms with Gasteiger partial charge in [-0.1, -0.05) is 12.1 Å². The van der Waals surface area contributed by atoms with Crippen LogP contribution in [0.15, 0.2) is 47.1 Å². The molecular formula is C16H20N2O5. The molecule has 0 aliphatic rings. The van der Waals surface area contributed by atoms with Gasteiger partial charge in [-0.2, -0.15) is 0 Å². The fraction of sp³-hybridized carbons (Fsp3) is 0.312. The van der Waals surface area contributed by atoms with E-state index in [0.717, 1.165) is 0 Å². The molecule has 0 aliphatic carbocycles. The molecule has 2 amide bonds. The zero-order chi connectivity index (χ0) is 16.5. The number of nitrogens with one attached hydrogen (secondary N) is 2. The van der Waals surface area contributed by atoms with Crippen molar-refractivity contribution >= 4 is 11.7 Å². The molecule has 0 radical (unpaired) electrons. The summed E-state index contributed by atoms with van der Waals surface area (Å²) in [5, 5.41) is 15.1. The summed E-state index contributed by atoms with van der Waals surface area (Å²) in [4.78, 5) is 11.9. The van der Waals surface area contributed by atoms with E-state index >= 15 is 0 Å². The van der Waals surface area contributed by atoms with Crippen LogP contribution < -0.4 is 15.4 Å². The van der Waals surface area contributed by atoms with E-state index in [2.05, 4.69) is 10.6 Å². The Morgan fingerprint density at radius 2 is 2.09 bits per heavy atom. The van der Waals surface area contributed by atoms with Crippen LogP contribution in [-0.2, 0) is 4.74 Å². The van der Waals surface area contributed by atoms with Gasteiger partial charge in [-0.05, 0) is 24.3 Å². The molecule has 124 valence electrons. The molecule has 0 bridgehead atoms. The van der Waals surface area contributed by atoms with Crippen molar-refractivity contribution in [1.82, 2.24) is 5.32 Å². The molecular weight excluding hydrogens is 300 g/mol. The molecule has 0 aliphatic heterocycles. The first kappa shape index (κ1) is 16.9. The highest BCUT2D eigenvalue weighted by Gasteiger charge is 2.13. The number of ether oxygens (including phenoxy) is 2. The second-order valence-electron chi connectivity index (χ2n) is 4.70. The lowest BCUT2D eigenvalue weighted by atomic mass is 10.3. The Labute approximate surface area is 134 Å². The topological polar surface area (TPSA) is 93.0 Å². The first-order valence-corrected chi connectivity index (χ1v) is 7.18. The third-order valence-corrected chi connectivity index (χ3v) is 3.01. The maximum absolute atomic E-state index is 11.9. The number of hydrogen-bond donors (Lipinski definition) is 3. The van der Waals surface area contributed by atoms with Gasteiger partial charge in [0, 0.05) is 7.11 Å². The Hall–Kier alpha value is -2.51. The summed E-state index contributed by atoms with van der Waals surface area (Å²) >= 11 is 0. The fourth-order valence-electron chi connectivity index (χ4n) is 1.87. The summed E-state index contributed by atoms with van der Waals surface area (Å²) in [5.41, 5.74) is 0.536. The molecule has 1 unspecified atom stereocenters. The smallest absolute Gasteiger partial charge is 0.319 e. The van der Waals surface area contributed by atoms with Crippen LogP contribution in [-0.4, -0.2) is 38.0 Å². The summed E-state index contributed by atoms with van der Waals surface area (Å²) in [6, 6.07) is 9.95. The third-order valence-electron chi connectivity index (χ3n) is 3.01. The van der Waals surface area contributed by atoms with Crippen molar-refractivity contribution < 1.29 is 23.8 Å². The van der Waals surface area contributed by atoms with Gasteiger partial charge < -0.3 is 29.6 Å². The number of para-hydroxylation sites is 2. The Balaban J connectivity index is 1.85. The highest BCUT2D eigenvalue weighted by Crippen LogP contribution is 2.23. The SMILES string of the molecule is COCCOc1ccccc1NC(=O)NCC(O)c1ccco1. The van der Waals surface area contributed by atoms with E-state index in [0.29, 0.717) is 30.4 Å². The lowest BCUT2D eigenvalue weighted by molar-refractivity contribution is 0.146. The first-order chi connectivity index (χ1) is 11.2. The van der Waals surface area contributed by atoms with Gasteiger partial charge in [-0.25, -0.2) is 4.79 Å². The van der Waals surface area contributed by atoms with Crippen molar-refractivity contribution in [2.24, 2.45) is 0 Å². The highest BCUT2D eigenvalue weighted by molar-refractivity contribution is 5.90. The van der Waals surface area contributed by atoms with Crippen LogP contribution in [0.3, 0.4) is 0 Å². The molecule has 1 aromatic heterocycles. The van der Waals surface area contributed by atoms with Crippen molar-refractivity contribution in [3.05, 3.63) is 48.4 Å². The zero-order valence-electron chi connectivity index (χ0n) is 12.8. The zero-order valence-corrected chi connectivity index (χ0v) is 12.8. The molecule has 1 aromatic carbocycles. The molecule has 2 aromatic rings. The summed E-state index contributed by atoms with van der Waals surface area (Å²) < 4.78 is 15.5. The van der Waals surface area contributed by atoms with Gasteiger partial charge in [0.15, 0.2) is 0 Å². The van der Waals surface area contributed by atoms with Crippen molar-refractivity contribution in [3.63, 3.8) is 0 Å². The van der Waals surface area contributed by atoms with Gasteiger partial charge >= 0.3 is 6.03 Å². The molecule has 0 spiro atoms. The Bertz CT molecular complexity index is 600. The fourth-order valence-corrected chi connectivity index (χ4v) is 1.87. The number of aliphatic hydroxyl groups is 1. The molecule has 23 heavy (non-hydrogen) atoms. The maximum atomic E-state index is 11.9. The Morgan fingerprint density at radius 1 is 1.26 bits per heavy atom. The van der Waals surface area contributed by atoms with E-state index in [9.17, 15) is 9.90 Å². The van der Waals surface area contributed by atoms with E-state index in [-0.39, 0.29) is 6.54 Å². The number of carbonyl (C=O) groups is 1. The van der Waals surface area contributed by atoms with Crippen molar-refractivity contribution in [3.8, 4) is 5.75 Å². The van der Waals surface area contributed by atoms with Crippen LogP contribution >= 0.6 is 0 Å². The van der Waals surface area contributed by atoms with Gasteiger partial charge in [-0.15, -0.1) is 0 Å². The molecule has 0 saturated heterocycles. The number of methoxy groups -OCH3 is 1. The maximum Gasteiger partial charge on any atom is 0.319 e. The average Bonchev–Trinajstić information content (AvgIpc) is 3.09. The third kappa shape index (κ3) is 5.32. The molecule has 1 heterocycles. The van der Waals surface area contributed by atoms with Crippen LogP contribution in [0.1, 0.15) is 11.9 Å². The Kier molecular flexibility index (Phi) is 6.46. The molecule has 0 fully saturated rings. The number of hydrogen-bond acceptors (Lipinski definition) is 5. The summed E-state index contributed by atoms with van der Waals surface area (Å²) in [5.74, 6) is 0.944. The highest BCUT2D eigenvalue weighted by atomic mass is 16.5. The second-order valence-corrected chi connectivity index (χ2v) is 4.70. The number of urea groups is 1. The number of benzene rings is 1. The number of rotatable bonds is 8. The molecule has 1 atom stereocenters. The first-order valence-electron chi connectivity index (χ1n) is 7.18. The van der Waals surface area contributed by atoms with Gasteiger partial charge in [-0.3, -0.25) is 0 Å². The van der Waals surface area contributed by atoms with Gasteiger partial charge in [0.2, 0.25) is 0 Å². The van der Waals surface area contributed by atoms with Crippen LogP contribution in [0.25, 0.3) is 0 Å². The molecule has 7 nitrogen and oxygen atoms in total. The van der Waals surface area contributed by atoms with Crippen molar-refractivity contribution in [2.75, 3.05) is 32.2 Å². The van der Waals surface area contributed by atoms with Crippen LogP contribution in [0, 0.1) is 0 Å². The minimum absolute atomic E-state index is 0.0338. The van der Waals surface area contributed by atoms with Crippen molar-refractivity contribution in [2.45, 2.75) is 6.10 Å². The second kappa shape index (κ2) is 8.82. The predicted molar refractivity (Wildman–Crippen MR) is 84.5 cm³/mol.